The molecule has 1 N–H and O–H groups in total. The summed E-state index contributed by atoms with van der Waals surface area (Å²) in [4.78, 5) is 14.8. The van der Waals surface area contributed by atoms with Crippen molar-refractivity contribution in [3.05, 3.63) is 29.8 Å². The molecule has 1 saturated heterocycles. The fourth-order valence-corrected chi connectivity index (χ4v) is 2.45. The maximum absolute atomic E-state index is 10.7. The Morgan fingerprint density at radius 3 is 3.11 bits per heavy atom. The molecule has 0 amide bonds. The predicted octanol–water partition coefficient (Wildman–Crippen LogP) is 1.15. The van der Waals surface area contributed by atoms with E-state index in [9.17, 15) is 4.79 Å². The number of benzene rings is 1. The standard InChI is InChI=1S/C14H17N3O2/c1-16(10-14(18)19)13-5-6-17(9-13)12-4-2-3-11(7-12)8-15/h2-4,7,13H,5-6,9-10H2,1H3,(H,18,19). The van der Waals surface area contributed by atoms with Gasteiger partial charge in [0.15, 0.2) is 0 Å². The number of hydrogen-bond donors (Lipinski definition) is 1. The molecule has 1 heterocycles. The van der Waals surface area contributed by atoms with E-state index in [-0.39, 0.29) is 12.6 Å². The Hall–Kier alpha value is -2.06. The number of carboxylic acids is 1. The van der Waals surface area contributed by atoms with Crippen molar-refractivity contribution in [3.63, 3.8) is 0 Å². The summed E-state index contributed by atoms with van der Waals surface area (Å²) >= 11 is 0. The Morgan fingerprint density at radius 1 is 1.63 bits per heavy atom. The van der Waals surface area contributed by atoms with Crippen LogP contribution in [0.15, 0.2) is 24.3 Å². The molecule has 100 valence electrons. The van der Waals surface area contributed by atoms with Crippen LogP contribution in [0.2, 0.25) is 0 Å². The number of likely N-dealkylation sites (N-methyl/N-ethyl adjacent to an activating group) is 1. The van der Waals surface area contributed by atoms with Gasteiger partial charge in [0.05, 0.1) is 18.2 Å². The van der Waals surface area contributed by atoms with Crippen LogP contribution in [0, 0.1) is 11.3 Å². The molecule has 1 fully saturated rings. The van der Waals surface area contributed by atoms with Crippen molar-refractivity contribution < 1.29 is 9.90 Å². The topological polar surface area (TPSA) is 67.6 Å². The molecule has 1 aliphatic heterocycles. The number of anilines is 1. The first-order valence-electron chi connectivity index (χ1n) is 6.27. The van der Waals surface area contributed by atoms with E-state index in [4.69, 9.17) is 10.4 Å². The normalized spacial score (nSPS) is 18.6. The first-order valence-corrected chi connectivity index (χ1v) is 6.27. The van der Waals surface area contributed by atoms with E-state index in [1.165, 1.54) is 0 Å². The molecule has 0 spiro atoms. The lowest BCUT2D eigenvalue weighted by Crippen LogP contribution is -2.37. The lowest BCUT2D eigenvalue weighted by atomic mass is 10.2. The van der Waals surface area contributed by atoms with Gasteiger partial charge in [0.2, 0.25) is 0 Å². The second-order valence-electron chi connectivity index (χ2n) is 4.86. The molecule has 1 aliphatic rings. The van der Waals surface area contributed by atoms with Crippen LogP contribution in [0.5, 0.6) is 0 Å². The van der Waals surface area contributed by atoms with Gasteiger partial charge in [-0.25, -0.2) is 0 Å². The van der Waals surface area contributed by atoms with Crippen molar-refractivity contribution >= 4 is 11.7 Å². The lowest BCUT2D eigenvalue weighted by Gasteiger charge is -2.23. The van der Waals surface area contributed by atoms with Crippen molar-refractivity contribution in [2.75, 3.05) is 31.6 Å². The first kappa shape index (κ1) is 13.4. The molecule has 0 radical (unpaired) electrons. The Morgan fingerprint density at radius 2 is 2.42 bits per heavy atom. The van der Waals surface area contributed by atoms with Gasteiger partial charge in [-0.2, -0.15) is 5.26 Å². The lowest BCUT2D eigenvalue weighted by molar-refractivity contribution is -0.138. The summed E-state index contributed by atoms with van der Waals surface area (Å²) in [7, 11) is 1.84. The van der Waals surface area contributed by atoms with Crippen LogP contribution in [0.4, 0.5) is 5.69 Å². The van der Waals surface area contributed by atoms with Crippen molar-refractivity contribution in [2.45, 2.75) is 12.5 Å². The summed E-state index contributed by atoms with van der Waals surface area (Å²) in [5, 5.41) is 17.7. The zero-order valence-corrected chi connectivity index (χ0v) is 10.9. The number of rotatable bonds is 4. The summed E-state index contributed by atoms with van der Waals surface area (Å²) in [5.41, 5.74) is 1.69. The van der Waals surface area contributed by atoms with Crippen LogP contribution in [-0.4, -0.2) is 48.7 Å². The quantitative estimate of drug-likeness (QED) is 0.878. The van der Waals surface area contributed by atoms with Crippen molar-refractivity contribution in [1.82, 2.24) is 4.90 Å². The smallest absolute Gasteiger partial charge is 0.317 e. The van der Waals surface area contributed by atoms with Gasteiger partial charge in [-0.15, -0.1) is 0 Å². The highest BCUT2D eigenvalue weighted by Crippen LogP contribution is 2.23. The van der Waals surface area contributed by atoms with E-state index in [2.05, 4.69) is 11.0 Å². The van der Waals surface area contributed by atoms with Crippen LogP contribution in [-0.2, 0) is 4.79 Å². The average Bonchev–Trinajstić information content (AvgIpc) is 2.88. The van der Waals surface area contributed by atoms with Gasteiger partial charge in [-0.05, 0) is 31.7 Å². The van der Waals surface area contributed by atoms with Gasteiger partial charge in [0, 0.05) is 24.8 Å². The molecular formula is C14H17N3O2. The first-order chi connectivity index (χ1) is 9.10. The number of carbonyl (C=O) groups is 1. The van der Waals surface area contributed by atoms with Crippen LogP contribution in [0.1, 0.15) is 12.0 Å². The fraction of sp³-hybridized carbons (Fsp3) is 0.429. The molecule has 19 heavy (non-hydrogen) atoms. The third kappa shape index (κ3) is 3.24. The Balaban J connectivity index is 2.01. The van der Waals surface area contributed by atoms with E-state index in [0.29, 0.717) is 5.56 Å². The van der Waals surface area contributed by atoms with E-state index >= 15 is 0 Å². The SMILES string of the molecule is CN(CC(=O)O)C1CCN(c2cccc(C#N)c2)C1. The van der Waals surface area contributed by atoms with Crippen LogP contribution < -0.4 is 4.90 Å². The Labute approximate surface area is 112 Å². The van der Waals surface area contributed by atoms with Gasteiger partial charge in [0.25, 0.3) is 0 Å². The molecule has 0 saturated carbocycles. The molecule has 1 unspecified atom stereocenters. The second-order valence-corrected chi connectivity index (χ2v) is 4.86. The summed E-state index contributed by atoms with van der Waals surface area (Å²) < 4.78 is 0. The van der Waals surface area contributed by atoms with E-state index < -0.39 is 5.97 Å². The van der Waals surface area contributed by atoms with Crippen LogP contribution in [0.3, 0.4) is 0 Å². The van der Waals surface area contributed by atoms with Crippen molar-refractivity contribution in [2.24, 2.45) is 0 Å². The zero-order valence-electron chi connectivity index (χ0n) is 10.9. The van der Waals surface area contributed by atoms with Gasteiger partial charge in [0.1, 0.15) is 0 Å². The maximum Gasteiger partial charge on any atom is 0.317 e. The minimum Gasteiger partial charge on any atom is -0.480 e. The monoisotopic (exact) mass is 259 g/mol. The van der Waals surface area contributed by atoms with E-state index in [1.54, 1.807) is 6.07 Å². The second kappa shape index (κ2) is 5.72. The summed E-state index contributed by atoms with van der Waals surface area (Å²) in [6.07, 6.45) is 0.945. The van der Waals surface area contributed by atoms with Crippen LogP contribution >= 0.6 is 0 Å². The molecule has 1 atom stereocenters. The number of nitrogens with zero attached hydrogens (tertiary/aromatic N) is 3. The zero-order chi connectivity index (χ0) is 13.8. The fourth-order valence-electron chi connectivity index (χ4n) is 2.45. The molecule has 1 aromatic carbocycles. The highest BCUT2D eigenvalue weighted by atomic mass is 16.4. The summed E-state index contributed by atoms with van der Waals surface area (Å²) in [5.74, 6) is -0.799. The third-order valence-corrected chi connectivity index (χ3v) is 3.51. The van der Waals surface area contributed by atoms with Gasteiger partial charge >= 0.3 is 5.97 Å². The third-order valence-electron chi connectivity index (χ3n) is 3.51. The molecule has 5 nitrogen and oxygen atoms in total. The molecular weight excluding hydrogens is 242 g/mol. The molecule has 0 bridgehead atoms. The number of aliphatic carboxylic acids is 1. The van der Waals surface area contributed by atoms with Crippen molar-refractivity contribution in [3.8, 4) is 6.07 Å². The molecule has 1 aromatic rings. The number of hydrogen-bond acceptors (Lipinski definition) is 4. The van der Waals surface area contributed by atoms with Crippen LogP contribution in [0.25, 0.3) is 0 Å². The minimum absolute atomic E-state index is 0.0662. The van der Waals surface area contributed by atoms with E-state index in [1.807, 2.05) is 30.1 Å². The number of nitriles is 1. The van der Waals surface area contributed by atoms with Gasteiger partial charge < -0.3 is 10.0 Å². The Bertz CT molecular complexity index is 510. The molecule has 2 rings (SSSR count). The van der Waals surface area contributed by atoms with Gasteiger partial charge in [-0.1, -0.05) is 6.07 Å². The minimum atomic E-state index is -0.799. The number of carboxylic acid groups (broad SMARTS) is 1. The summed E-state index contributed by atoms with van der Waals surface area (Å²) in [6, 6.07) is 9.91. The molecule has 5 heteroatoms. The predicted molar refractivity (Wildman–Crippen MR) is 72.0 cm³/mol. The Kier molecular flexibility index (Phi) is 4.03. The highest BCUT2D eigenvalue weighted by molar-refractivity contribution is 5.69. The molecule has 0 aromatic heterocycles. The van der Waals surface area contributed by atoms with Gasteiger partial charge in [-0.3, -0.25) is 9.69 Å². The maximum atomic E-state index is 10.7. The summed E-state index contributed by atoms with van der Waals surface area (Å²) in [6.45, 7) is 1.76. The highest BCUT2D eigenvalue weighted by Gasteiger charge is 2.26. The largest absolute Gasteiger partial charge is 0.480 e. The average molecular weight is 259 g/mol. The van der Waals surface area contributed by atoms with Crippen molar-refractivity contribution in [1.29, 1.82) is 5.26 Å². The molecule has 0 aliphatic carbocycles. The van der Waals surface area contributed by atoms with E-state index in [0.717, 1.165) is 25.2 Å².